The van der Waals surface area contributed by atoms with Crippen LogP contribution in [0.25, 0.3) is 0 Å². The molecule has 9 heteroatoms. The molecule has 0 bridgehead atoms. The van der Waals surface area contributed by atoms with Crippen molar-refractivity contribution in [3.05, 3.63) is 52.0 Å². The largest absolute Gasteiger partial charge is 0.492 e. The second-order valence-corrected chi connectivity index (χ2v) is 8.42. The fraction of sp³-hybridized carbons (Fsp3) is 0.278. The first-order chi connectivity index (χ1) is 12.7. The van der Waals surface area contributed by atoms with Crippen LogP contribution >= 0.6 is 23.2 Å². The summed E-state index contributed by atoms with van der Waals surface area (Å²) in [5.41, 5.74) is 0.378. The van der Waals surface area contributed by atoms with E-state index in [1.807, 2.05) is 0 Å². The maximum absolute atomic E-state index is 12.6. The van der Waals surface area contributed by atoms with E-state index < -0.39 is 15.9 Å². The second kappa shape index (κ2) is 8.93. The Bertz CT molecular complexity index is 926. The number of sulfonamides is 1. The van der Waals surface area contributed by atoms with E-state index in [0.717, 1.165) is 0 Å². The van der Waals surface area contributed by atoms with Gasteiger partial charge < -0.3 is 10.1 Å². The van der Waals surface area contributed by atoms with E-state index in [9.17, 15) is 13.2 Å². The number of anilines is 1. The topological polar surface area (TPSA) is 84.5 Å². The van der Waals surface area contributed by atoms with Crippen molar-refractivity contribution >= 4 is 44.8 Å². The zero-order chi connectivity index (χ0) is 20.2. The molecule has 0 saturated heterocycles. The number of amides is 1. The predicted molar refractivity (Wildman–Crippen MR) is 107 cm³/mol. The van der Waals surface area contributed by atoms with Crippen molar-refractivity contribution in [2.24, 2.45) is 0 Å². The minimum atomic E-state index is -3.86. The van der Waals surface area contributed by atoms with Crippen LogP contribution in [-0.4, -0.2) is 27.0 Å². The van der Waals surface area contributed by atoms with Gasteiger partial charge in [0.25, 0.3) is 5.91 Å². The van der Waals surface area contributed by atoms with Crippen LogP contribution in [0.4, 0.5) is 5.69 Å². The number of hydrogen-bond acceptors (Lipinski definition) is 4. The Morgan fingerprint density at radius 2 is 1.78 bits per heavy atom. The van der Waals surface area contributed by atoms with Gasteiger partial charge in [-0.2, -0.15) is 0 Å². The molecule has 0 spiro atoms. The van der Waals surface area contributed by atoms with Crippen LogP contribution in [0.2, 0.25) is 10.0 Å². The van der Waals surface area contributed by atoms with Gasteiger partial charge in [0.2, 0.25) is 10.0 Å². The van der Waals surface area contributed by atoms with Crippen LogP contribution in [0.15, 0.2) is 41.3 Å². The molecule has 0 atom stereocenters. The molecule has 2 aromatic rings. The van der Waals surface area contributed by atoms with Gasteiger partial charge in [0.1, 0.15) is 10.6 Å². The fourth-order valence-electron chi connectivity index (χ4n) is 2.31. The van der Waals surface area contributed by atoms with Gasteiger partial charge in [0, 0.05) is 11.6 Å². The molecule has 6 nitrogen and oxygen atoms in total. The molecule has 2 N–H and O–H groups in total. The average molecular weight is 431 g/mol. The van der Waals surface area contributed by atoms with Crippen molar-refractivity contribution in [2.75, 3.05) is 11.9 Å². The van der Waals surface area contributed by atoms with Crippen LogP contribution < -0.4 is 14.8 Å². The highest BCUT2D eigenvalue weighted by atomic mass is 35.5. The molecule has 0 aliphatic carbocycles. The third kappa shape index (κ3) is 5.35. The number of benzene rings is 2. The first-order valence-electron chi connectivity index (χ1n) is 8.20. The molecule has 0 saturated carbocycles. The number of ether oxygens (including phenoxy) is 1. The third-order valence-corrected chi connectivity index (χ3v) is 5.70. The van der Waals surface area contributed by atoms with E-state index in [2.05, 4.69) is 10.0 Å². The van der Waals surface area contributed by atoms with Gasteiger partial charge in [-0.1, -0.05) is 29.3 Å². The van der Waals surface area contributed by atoms with E-state index in [-0.39, 0.29) is 44.6 Å². The molecular formula is C18H20Cl2N2O4S. The first kappa shape index (κ1) is 21.5. The van der Waals surface area contributed by atoms with Gasteiger partial charge in [-0.05, 0) is 51.1 Å². The summed E-state index contributed by atoms with van der Waals surface area (Å²) in [6, 6.07) is 8.69. The molecule has 0 aliphatic rings. The molecule has 2 rings (SSSR count). The lowest BCUT2D eigenvalue weighted by Crippen LogP contribution is -2.30. The summed E-state index contributed by atoms with van der Waals surface area (Å²) in [6.07, 6.45) is 0. The van der Waals surface area contributed by atoms with E-state index >= 15 is 0 Å². The number of rotatable bonds is 7. The van der Waals surface area contributed by atoms with Crippen LogP contribution in [0.5, 0.6) is 5.75 Å². The minimum Gasteiger partial charge on any atom is -0.492 e. The lowest BCUT2D eigenvalue weighted by Gasteiger charge is -2.15. The van der Waals surface area contributed by atoms with Crippen LogP contribution in [0, 0.1) is 0 Å². The third-order valence-electron chi connectivity index (χ3n) is 3.39. The van der Waals surface area contributed by atoms with E-state index in [4.69, 9.17) is 27.9 Å². The van der Waals surface area contributed by atoms with E-state index in [0.29, 0.717) is 0 Å². The van der Waals surface area contributed by atoms with Crippen LogP contribution in [0.3, 0.4) is 0 Å². The van der Waals surface area contributed by atoms with Crippen LogP contribution in [0.1, 0.15) is 31.1 Å². The van der Waals surface area contributed by atoms with E-state index in [1.54, 1.807) is 39.0 Å². The quantitative estimate of drug-likeness (QED) is 0.684. The Kier molecular flexibility index (Phi) is 7.11. The first-order valence-corrected chi connectivity index (χ1v) is 10.4. The number of halogens is 2. The van der Waals surface area contributed by atoms with Crippen molar-refractivity contribution in [3.8, 4) is 5.75 Å². The molecule has 146 valence electrons. The summed E-state index contributed by atoms with van der Waals surface area (Å²) in [6.45, 7) is 5.43. The molecular weight excluding hydrogens is 411 g/mol. The highest BCUT2D eigenvalue weighted by molar-refractivity contribution is 7.89. The number of carbonyl (C=O) groups is 1. The lowest BCUT2D eigenvalue weighted by atomic mass is 10.2. The molecule has 27 heavy (non-hydrogen) atoms. The normalized spacial score (nSPS) is 11.5. The second-order valence-electron chi connectivity index (χ2n) is 5.92. The predicted octanol–water partition coefficient (Wildman–Crippen LogP) is 4.33. The number of para-hydroxylation sites is 1. The van der Waals surface area contributed by atoms with Gasteiger partial charge >= 0.3 is 0 Å². The Hall–Kier alpha value is -1.80. The Morgan fingerprint density at radius 3 is 2.33 bits per heavy atom. The molecule has 0 fully saturated rings. The molecule has 0 heterocycles. The zero-order valence-corrected chi connectivity index (χ0v) is 17.4. The molecule has 0 radical (unpaired) electrons. The van der Waals surface area contributed by atoms with Crippen molar-refractivity contribution in [2.45, 2.75) is 31.7 Å². The number of carbonyl (C=O) groups excluding carboxylic acids is 1. The zero-order valence-electron chi connectivity index (χ0n) is 15.0. The Morgan fingerprint density at radius 1 is 1.15 bits per heavy atom. The molecule has 0 aliphatic heterocycles. The number of hydrogen-bond donors (Lipinski definition) is 2. The highest BCUT2D eigenvalue weighted by Crippen LogP contribution is 2.31. The smallest absolute Gasteiger partial charge is 0.255 e. The summed E-state index contributed by atoms with van der Waals surface area (Å²) in [5.74, 6) is -0.382. The number of nitrogens with one attached hydrogen (secondary N) is 2. The monoisotopic (exact) mass is 430 g/mol. The van der Waals surface area contributed by atoms with Gasteiger partial charge in [0.05, 0.1) is 22.3 Å². The Balaban J connectivity index is 2.43. The summed E-state index contributed by atoms with van der Waals surface area (Å²) in [4.78, 5) is 12.5. The Labute approximate surface area is 168 Å². The molecule has 2 aromatic carbocycles. The lowest BCUT2D eigenvalue weighted by molar-refractivity contribution is 0.102. The van der Waals surface area contributed by atoms with E-state index in [1.165, 1.54) is 18.2 Å². The van der Waals surface area contributed by atoms with Gasteiger partial charge in [-0.3, -0.25) is 4.79 Å². The standard InChI is InChI=1S/C18H20Cl2N2O4S/c1-4-26-15-9-8-12(10-16(15)27(24,25)22-11(2)3)18(23)21-17-13(19)6-5-7-14(17)20/h5-11,22H,4H2,1-3H3,(H,21,23). The maximum Gasteiger partial charge on any atom is 0.255 e. The molecule has 1 amide bonds. The SMILES string of the molecule is CCOc1ccc(C(=O)Nc2c(Cl)cccc2Cl)cc1S(=O)(=O)NC(C)C. The molecule has 0 aromatic heterocycles. The van der Waals surface area contributed by atoms with Gasteiger partial charge in [0.15, 0.2) is 0 Å². The molecule has 0 unspecified atom stereocenters. The van der Waals surface area contributed by atoms with Gasteiger partial charge in [-0.25, -0.2) is 13.1 Å². The summed E-state index contributed by atoms with van der Waals surface area (Å²) >= 11 is 12.1. The van der Waals surface area contributed by atoms with Crippen molar-refractivity contribution < 1.29 is 17.9 Å². The highest BCUT2D eigenvalue weighted by Gasteiger charge is 2.23. The van der Waals surface area contributed by atoms with Gasteiger partial charge in [-0.15, -0.1) is 0 Å². The summed E-state index contributed by atoms with van der Waals surface area (Å²) in [7, 11) is -3.86. The van der Waals surface area contributed by atoms with Crippen molar-refractivity contribution in [3.63, 3.8) is 0 Å². The fourth-order valence-corrected chi connectivity index (χ4v) is 4.22. The summed E-state index contributed by atoms with van der Waals surface area (Å²) in [5, 5.41) is 3.16. The van der Waals surface area contributed by atoms with Crippen molar-refractivity contribution in [1.29, 1.82) is 0 Å². The minimum absolute atomic E-state index is 0.115. The van der Waals surface area contributed by atoms with Crippen LogP contribution in [-0.2, 0) is 10.0 Å². The maximum atomic E-state index is 12.6. The average Bonchev–Trinajstić information content (AvgIpc) is 2.57. The summed E-state index contributed by atoms with van der Waals surface area (Å²) < 4.78 is 33.1. The van der Waals surface area contributed by atoms with Crippen molar-refractivity contribution in [1.82, 2.24) is 4.72 Å².